The number of pyridine rings is 1. The van der Waals surface area contributed by atoms with Crippen LogP contribution in [0.5, 0.6) is 0 Å². The zero-order valence-electron chi connectivity index (χ0n) is 13.6. The van der Waals surface area contributed by atoms with Crippen LogP contribution < -0.4 is 4.72 Å². The van der Waals surface area contributed by atoms with Crippen LogP contribution in [0.25, 0.3) is 22.3 Å². The van der Waals surface area contributed by atoms with E-state index >= 15 is 0 Å². The number of hydrogen-bond donors (Lipinski definition) is 2. The molecule has 2 N–H and O–H groups in total. The van der Waals surface area contributed by atoms with Crippen LogP contribution in [0.1, 0.15) is 0 Å². The largest absolute Gasteiger partial charge is 0.280 e. The first kappa shape index (κ1) is 17.4. The van der Waals surface area contributed by atoms with Crippen molar-refractivity contribution in [3.63, 3.8) is 0 Å². The third-order valence-corrected chi connectivity index (χ3v) is 5.55. The van der Waals surface area contributed by atoms with Gasteiger partial charge in [0.25, 0.3) is 10.0 Å². The monoisotopic (exact) mass is 402 g/mol. The highest BCUT2D eigenvalue weighted by atomic mass is 35.5. The standard InChI is InChI=1S/C18H12ClFN4O2S/c19-13-4-7-15(20)17(9-13)27(25,26)24-14-5-1-11(2-6-14)16-8-3-12-10-21-23-18(12)22-16/h1-10,24H,(H,21,22,23). The molecule has 0 saturated carbocycles. The van der Waals surface area contributed by atoms with E-state index in [-0.39, 0.29) is 5.02 Å². The summed E-state index contributed by atoms with van der Waals surface area (Å²) in [6, 6.07) is 13.7. The maximum atomic E-state index is 13.9. The number of aromatic amines is 1. The molecule has 4 rings (SSSR count). The molecule has 0 saturated heterocycles. The minimum absolute atomic E-state index is 0.132. The lowest BCUT2D eigenvalue weighted by Crippen LogP contribution is -2.14. The average molecular weight is 403 g/mol. The van der Waals surface area contributed by atoms with E-state index in [1.165, 1.54) is 6.07 Å². The fraction of sp³-hybridized carbons (Fsp3) is 0. The van der Waals surface area contributed by atoms with Gasteiger partial charge in [-0.3, -0.25) is 9.82 Å². The molecule has 136 valence electrons. The summed E-state index contributed by atoms with van der Waals surface area (Å²) in [7, 11) is -4.10. The molecule has 0 amide bonds. The number of rotatable bonds is 4. The number of hydrogen-bond acceptors (Lipinski definition) is 4. The highest BCUT2D eigenvalue weighted by molar-refractivity contribution is 7.92. The molecule has 0 aliphatic heterocycles. The summed E-state index contributed by atoms with van der Waals surface area (Å²) < 4.78 is 41.0. The van der Waals surface area contributed by atoms with Crippen molar-refractivity contribution in [1.82, 2.24) is 15.2 Å². The van der Waals surface area contributed by atoms with Gasteiger partial charge in [-0.25, -0.2) is 17.8 Å². The van der Waals surface area contributed by atoms with Crippen LogP contribution in [0, 0.1) is 5.82 Å². The number of H-pyrrole nitrogens is 1. The molecule has 27 heavy (non-hydrogen) atoms. The Morgan fingerprint density at radius 2 is 1.81 bits per heavy atom. The van der Waals surface area contributed by atoms with Crippen molar-refractivity contribution in [3.8, 4) is 11.3 Å². The number of nitrogens with zero attached hydrogens (tertiary/aromatic N) is 2. The topological polar surface area (TPSA) is 87.7 Å². The van der Waals surface area contributed by atoms with Crippen molar-refractivity contribution in [2.45, 2.75) is 4.90 Å². The predicted octanol–water partition coefficient (Wildman–Crippen LogP) is 4.22. The lowest BCUT2D eigenvalue weighted by molar-refractivity contribution is 0.570. The van der Waals surface area contributed by atoms with Crippen molar-refractivity contribution in [2.24, 2.45) is 0 Å². The summed E-state index contributed by atoms with van der Waals surface area (Å²) >= 11 is 5.77. The van der Waals surface area contributed by atoms with E-state index in [0.717, 1.165) is 23.1 Å². The second kappa shape index (κ2) is 6.64. The minimum atomic E-state index is -4.10. The lowest BCUT2D eigenvalue weighted by atomic mass is 10.1. The smallest absolute Gasteiger partial charge is 0.264 e. The van der Waals surface area contributed by atoms with Crippen LogP contribution in [0.3, 0.4) is 0 Å². The van der Waals surface area contributed by atoms with E-state index in [4.69, 9.17) is 11.6 Å². The number of fused-ring (bicyclic) bond motifs is 1. The molecule has 4 aromatic rings. The van der Waals surface area contributed by atoms with Crippen molar-refractivity contribution in [1.29, 1.82) is 0 Å². The van der Waals surface area contributed by atoms with Gasteiger partial charge in [0.1, 0.15) is 10.7 Å². The second-order valence-electron chi connectivity index (χ2n) is 5.76. The Kier molecular flexibility index (Phi) is 4.29. The van der Waals surface area contributed by atoms with Gasteiger partial charge in [0.05, 0.1) is 11.9 Å². The van der Waals surface area contributed by atoms with Crippen LogP contribution in [-0.4, -0.2) is 23.6 Å². The Balaban J connectivity index is 1.61. The third-order valence-electron chi connectivity index (χ3n) is 3.92. The number of aromatic nitrogens is 3. The molecule has 6 nitrogen and oxygen atoms in total. The van der Waals surface area contributed by atoms with Gasteiger partial charge in [-0.15, -0.1) is 0 Å². The molecule has 0 aliphatic rings. The number of halogens is 2. The molecule has 2 aromatic carbocycles. The molecular formula is C18H12ClFN4O2S. The van der Waals surface area contributed by atoms with E-state index in [0.29, 0.717) is 17.0 Å². The van der Waals surface area contributed by atoms with Crippen molar-refractivity contribution in [2.75, 3.05) is 4.72 Å². The normalized spacial score (nSPS) is 11.6. The van der Waals surface area contributed by atoms with E-state index in [2.05, 4.69) is 19.9 Å². The van der Waals surface area contributed by atoms with Crippen LogP contribution >= 0.6 is 11.6 Å². The SMILES string of the molecule is O=S(=O)(Nc1ccc(-c2ccc3cn[nH]c3n2)cc1)c1cc(Cl)ccc1F. The minimum Gasteiger partial charge on any atom is -0.280 e. The molecular weight excluding hydrogens is 391 g/mol. The molecule has 0 spiro atoms. The molecule has 2 heterocycles. The van der Waals surface area contributed by atoms with Crippen LogP contribution in [0.2, 0.25) is 5.02 Å². The van der Waals surface area contributed by atoms with Crippen molar-refractivity contribution < 1.29 is 12.8 Å². The predicted molar refractivity (Wildman–Crippen MR) is 102 cm³/mol. The lowest BCUT2D eigenvalue weighted by Gasteiger charge is -2.10. The van der Waals surface area contributed by atoms with Gasteiger partial charge in [0.2, 0.25) is 0 Å². The van der Waals surface area contributed by atoms with Gasteiger partial charge in [-0.1, -0.05) is 23.7 Å². The van der Waals surface area contributed by atoms with Crippen LogP contribution in [0.4, 0.5) is 10.1 Å². The van der Waals surface area contributed by atoms with Crippen LogP contribution in [-0.2, 0) is 10.0 Å². The van der Waals surface area contributed by atoms with Crippen LogP contribution in [0.15, 0.2) is 65.7 Å². The summed E-state index contributed by atoms with van der Waals surface area (Å²) in [6.07, 6.45) is 1.68. The van der Waals surface area contributed by atoms with Gasteiger partial charge < -0.3 is 0 Å². The first-order valence-corrected chi connectivity index (χ1v) is 9.67. The van der Waals surface area contributed by atoms with Gasteiger partial charge in [0.15, 0.2) is 5.65 Å². The van der Waals surface area contributed by atoms with E-state index in [1.54, 1.807) is 30.5 Å². The summed E-state index contributed by atoms with van der Waals surface area (Å²) in [4.78, 5) is 3.95. The molecule has 0 aliphatic carbocycles. The Morgan fingerprint density at radius 1 is 1.04 bits per heavy atom. The maximum Gasteiger partial charge on any atom is 0.264 e. The highest BCUT2D eigenvalue weighted by Gasteiger charge is 2.19. The quantitative estimate of drug-likeness (QED) is 0.535. The van der Waals surface area contributed by atoms with Gasteiger partial charge >= 0.3 is 0 Å². The summed E-state index contributed by atoms with van der Waals surface area (Å²) in [6.45, 7) is 0. The van der Waals surface area contributed by atoms with Gasteiger partial charge in [-0.2, -0.15) is 5.10 Å². The fourth-order valence-electron chi connectivity index (χ4n) is 2.59. The Bertz CT molecular complexity index is 1240. The van der Waals surface area contributed by atoms with Crippen molar-refractivity contribution in [3.05, 3.63) is 71.6 Å². The second-order valence-corrected chi connectivity index (χ2v) is 7.85. The molecule has 0 bridgehead atoms. The number of anilines is 1. The highest BCUT2D eigenvalue weighted by Crippen LogP contribution is 2.25. The summed E-state index contributed by atoms with van der Waals surface area (Å²) in [5.74, 6) is -0.874. The molecule has 0 radical (unpaired) electrons. The molecule has 9 heteroatoms. The summed E-state index contributed by atoms with van der Waals surface area (Å²) in [5.41, 5.74) is 2.46. The average Bonchev–Trinajstić information content (AvgIpc) is 3.11. The van der Waals surface area contributed by atoms with E-state index in [1.807, 2.05) is 12.1 Å². The number of benzene rings is 2. The van der Waals surface area contributed by atoms with Crippen molar-refractivity contribution >= 4 is 38.3 Å². The first-order valence-electron chi connectivity index (χ1n) is 7.81. The zero-order valence-corrected chi connectivity index (χ0v) is 15.2. The fourth-order valence-corrected chi connectivity index (χ4v) is 3.99. The van der Waals surface area contributed by atoms with Gasteiger partial charge in [-0.05, 0) is 42.5 Å². The third kappa shape index (κ3) is 3.49. The molecule has 0 unspecified atom stereocenters. The van der Waals surface area contributed by atoms with E-state index < -0.39 is 20.7 Å². The molecule has 0 fully saturated rings. The number of nitrogens with one attached hydrogen (secondary N) is 2. The molecule has 2 aromatic heterocycles. The Labute approximate surface area is 159 Å². The first-order chi connectivity index (χ1) is 12.9. The van der Waals surface area contributed by atoms with E-state index in [9.17, 15) is 12.8 Å². The molecule has 0 atom stereocenters. The Morgan fingerprint density at radius 3 is 2.59 bits per heavy atom. The summed E-state index contributed by atoms with van der Waals surface area (Å²) in [5, 5.41) is 7.76. The Hall–Kier alpha value is -2.97. The van der Waals surface area contributed by atoms with Gasteiger partial charge in [0, 0.05) is 21.7 Å². The zero-order chi connectivity index (χ0) is 19.0. The maximum absolute atomic E-state index is 13.9. The number of sulfonamides is 1.